The largest absolute Gasteiger partial charge is 0.484 e. The smallest absolute Gasteiger partial charge is 0.184 e. The zero-order valence-electron chi connectivity index (χ0n) is 16.4. The van der Waals surface area contributed by atoms with Gasteiger partial charge < -0.3 is 13.6 Å². The Morgan fingerprint density at radius 1 is 0.870 bits per heavy atom. The monoisotopic (exact) mass is 378 g/mol. The molecule has 3 nitrogen and oxygen atoms in total. The first-order valence-corrected chi connectivity index (χ1v) is 16.2. The molecule has 0 aromatic carbocycles. The molecular formula is C17H38O3SSi2. The quantitative estimate of drug-likeness (QED) is 0.231. The zero-order valence-corrected chi connectivity index (χ0v) is 19.2. The van der Waals surface area contributed by atoms with E-state index in [4.69, 9.17) is 25.8 Å². The molecule has 0 bridgehead atoms. The van der Waals surface area contributed by atoms with Gasteiger partial charge in [-0.2, -0.15) is 0 Å². The highest BCUT2D eigenvalue weighted by molar-refractivity contribution is 7.80. The number of hydrogen-bond donors (Lipinski definition) is 0. The molecule has 138 valence electrons. The third-order valence-corrected chi connectivity index (χ3v) is 5.53. The van der Waals surface area contributed by atoms with Crippen LogP contribution in [0, 0.1) is 0 Å². The molecule has 1 unspecified atom stereocenters. The summed E-state index contributed by atoms with van der Waals surface area (Å²) in [5, 5.41) is 0.721. The second kappa shape index (κ2) is 11.7. The van der Waals surface area contributed by atoms with Crippen molar-refractivity contribution in [3.8, 4) is 0 Å². The maximum absolute atomic E-state index is 6.19. The molecule has 0 aliphatic rings. The summed E-state index contributed by atoms with van der Waals surface area (Å²) in [5.74, 6) is 0. The molecule has 0 aliphatic carbocycles. The van der Waals surface area contributed by atoms with E-state index >= 15 is 0 Å². The van der Waals surface area contributed by atoms with Crippen molar-refractivity contribution in [3.63, 3.8) is 0 Å². The summed E-state index contributed by atoms with van der Waals surface area (Å²) < 4.78 is 18.0. The van der Waals surface area contributed by atoms with E-state index in [9.17, 15) is 0 Å². The van der Waals surface area contributed by atoms with Gasteiger partial charge in [-0.15, -0.1) is 0 Å². The molecule has 0 aromatic rings. The molecule has 0 saturated heterocycles. The van der Waals surface area contributed by atoms with Crippen LogP contribution in [0.15, 0.2) is 0 Å². The lowest BCUT2D eigenvalue weighted by Crippen LogP contribution is -2.40. The van der Waals surface area contributed by atoms with Crippen molar-refractivity contribution in [1.82, 2.24) is 0 Å². The average molecular weight is 379 g/mol. The predicted molar refractivity (Wildman–Crippen MR) is 109 cm³/mol. The third kappa shape index (κ3) is 16.9. The molecule has 0 radical (unpaired) electrons. The fourth-order valence-corrected chi connectivity index (χ4v) is 4.12. The lowest BCUT2D eigenvalue weighted by atomic mass is 10.1. The maximum Gasteiger partial charge on any atom is 0.184 e. The molecule has 0 aromatic heterocycles. The highest BCUT2D eigenvalue weighted by atomic mass is 32.1. The van der Waals surface area contributed by atoms with E-state index in [-0.39, 0.29) is 6.10 Å². The van der Waals surface area contributed by atoms with Crippen LogP contribution in [0.25, 0.3) is 0 Å². The molecule has 0 aliphatic heterocycles. The normalized spacial score (nSPS) is 13.9. The van der Waals surface area contributed by atoms with E-state index in [0.29, 0.717) is 13.2 Å². The molecule has 0 spiro atoms. The Hall–Kier alpha value is 0.244. The van der Waals surface area contributed by atoms with Crippen molar-refractivity contribution in [2.75, 3.05) is 13.2 Å². The minimum atomic E-state index is -1.62. The summed E-state index contributed by atoms with van der Waals surface area (Å²) in [7, 11) is -3.16. The lowest BCUT2D eigenvalue weighted by Gasteiger charge is -2.29. The molecule has 0 amide bonds. The molecule has 0 rings (SSSR count). The van der Waals surface area contributed by atoms with E-state index in [1.54, 1.807) is 0 Å². The van der Waals surface area contributed by atoms with Crippen LogP contribution in [0.5, 0.6) is 0 Å². The SMILES string of the molecule is CCCCCCCC(=S)OCC(CO[Si](C)(C)C)O[Si](C)(C)C. The number of ether oxygens (including phenoxy) is 1. The van der Waals surface area contributed by atoms with Gasteiger partial charge in [0.1, 0.15) is 12.7 Å². The molecular weight excluding hydrogens is 340 g/mol. The Kier molecular flexibility index (Phi) is 11.9. The summed E-state index contributed by atoms with van der Waals surface area (Å²) in [6.45, 7) is 16.5. The fraction of sp³-hybridized carbons (Fsp3) is 0.941. The summed E-state index contributed by atoms with van der Waals surface area (Å²) in [5.41, 5.74) is 0. The van der Waals surface area contributed by atoms with Crippen LogP contribution >= 0.6 is 12.2 Å². The van der Waals surface area contributed by atoms with Gasteiger partial charge in [0.05, 0.1) is 6.61 Å². The van der Waals surface area contributed by atoms with E-state index in [0.717, 1.165) is 17.9 Å². The van der Waals surface area contributed by atoms with Gasteiger partial charge in [0.25, 0.3) is 0 Å². The highest BCUT2D eigenvalue weighted by Crippen LogP contribution is 2.13. The topological polar surface area (TPSA) is 27.7 Å². The van der Waals surface area contributed by atoms with Crippen molar-refractivity contribution >= 4 is 33.9 Å². The Bertz CT molecular complexity index is 325. The van der Waals surface area contributed by atoms with Gasteiger partial charge in [0.15, 0.2) is 21.7 Å². The van der Waals surface area contributed by atoms with Crippen LogP contribution in [0.2, 0.25) is 39.3 Å². The van der Waals surface area contributed by atoms with Crippen LogP contribution in [-0.4, -0.2) is 41.0 Å². The van der Waals surface area contributed by atoms with Crippen molar-refractivity contribution in [2.24, 2.45) is 0 Å². The summed E-state index contributed by atoms with van der Waals surface area (Å²) in [4.78, 5) is 0. The maximum atomic E-state index is 6.19. The fourth-order valence-electron chi connectivity index (χ4n) is 2.09. The summed E-state index contributed by atoms with van der Waals surface area (Å²) in [6, 6.07) is 0. The van der Waals surface area contributed by atoms with Gasteiger partial charge in [-0.05, 0) is 57.9 Å². The standard InChI is InChI=1S/C17H38O3SSi2/c1-8-9-10-11-12-13-17(21)18-14-16(20-23(5,6)7)15-19-22(2,3)4/h16H,8-15H2,1-7H3. The Morgan fingerprint density at radius 3 is 2.00 bits per heavy atom. The van der Waals surface area contributed by atoms with Gasteiger partial charge in [-0.25, -0.2) is 0 Å². The van der Waals surface area contributed by atoms with Crippen molar-refractivity contribution in [3.05, 3.63) is 0 Å². The lowest BCUT2D eigenvalue weighted by molar-refractivity contribution is 0.0691. The number of unbranched alkanes of at least 4 members (excludes halogenated alkanes) is 4. The van der Waals surface area contributed by atoms with Crippen LogP contribution in [0.1, 0.15) is 45.4 Å². The van der Waals surface area contributed by atoms with Gasteiger partial charge in [0, 0.05) is 6.42 Å². The van der Waals surface area contributed by atoms with Gasteiger partial charge in [-0.1, -0.05) is 32.6 Å². The van der Waals surface area contributed by atoms with E-state index in [1.165, 1.54) is 25.7 Å². The molecule has 6 heteroatoms. The average Bonchev–Trinajstić information content (AvgIpc) is 2.39. The Balaban J connectivity index is 4.13. The Labute approximate surface area is 151 Å². The van der Waals surface area contributed by atoms with E-state index < -0.39 is 16.6 Å². The van der Waals surface area contributed by atoms with Crippen LogP contribution in [0.3, 0.4) is 0 Å². The molecule has 1 atom stereocenters. The zero-order chi connectivity index (χ0) is 17.9. The van der Waals surface area contributed by atoms with Gasteiger partial charge in [0.2, 0.25) is 0 Å². The van der Waals surface area contributed by atoms with Gasteiger partial charge in [-0.3, -0.25) is 0 Å². The van der Waals surface area contributed by atoms with Gasteiger partial charge >= 0.3 is 0 Å². The molecule has 0 heterocycles. The first kappa shape index (κ1) is 23.2. The van der Waals surface area contributed by atoms with Crippen LogP contribution < -0.4 is 0 Å². The molecule has 23 heavy (non-hydrogen) atoms. The summed E-state index contributed by atoms with van der Waals surface area (Å²) in [6.07, 6.45) is 7.13. The minimum Gasteiger partial charge on any atom is -0.484 e. The van der Waals surface area contributed by atoms with Crippen molar-refractivity contribution in [2.45, 2.75) is 90.8 Å². The molecule has 0 N–H and O–H groups in total. The molecule has 0 fully saturated rings. The second-order valence-corrected chi connectivity index (χ2v) is 17.6. The van der Waals surface area contributed by atoms with Crippen molar-refractivity contribution < 1.29 is 13.6 Å². The molecule has 0 saturated carbocycles. The highest BCUT2D eigenvalue weighted by Gasteiger charge is 2.24. The minimum absolute atomic E-state index is 0.00793. The predicted octanol–water partition coefficient (Wildman–Crippen LogP) is 5.76. The first-order chi connectivity index (χ1) is 10.5. The number of hydrogen-bond acceptors (Lipinski definition) is 4. The van der Waals surface area contributed by atoms with Crippen LogP contribution in [0.4, 0.5) is 0 Å². The summed E-state index contributed by atoms with van der Waals surface area (Å²) >= 11 is 5.35. The number of thiocarbonyl (C=S) groups is 1. The van der Waals surface area contributed by atoms with Crippen LogP contribution in [-0.2, 0) is 13.6 Å². The third-order valence-electron chi connectivity index (χ3n) is 3.14. The second-order valence-electron chi connectivity index (χ2n) is 8.12. The van der Waals surface area contributed by atoms with E-state index in [2.05, 4.69) is 46.2 Å². The number of rotatable bonds is 13. The van der Waals surface area contributed by atoms with Crippen molar-refractivity contribution in [1.29, 1.82) is 0 Å². The Morgan fingerprint density at radius 2 is 1.48 bits per heavy atom. The van der Waals surface area contributed by atoms with E-state index in [1.807, 2.05) is 0 Å². The first-order valence-electron chi connectivity index (χ1n) is 9.01.